The zero-order valence-electron chi connectivity index (χ0n) is 10.6. The summed E-state index contributed by atoms with van der Waals surface area (Å²) in [7, 11) is 0. The molecular weight excluding hydrogens is 331 g/mol. The number of alkyl halides is 1. The molecule has 0 aromatic heterocycles. The Hall–Kier alpha value is 0.530. The number of halogens is 1. The zero-order chi connectivity index (χ0) is 12.2. The quantitative estimate of drug-likeness (QED) is 0.230. The summed E-state index contributed by atoms with van der Waals surface area (Å²) in [6.45, 7) is 8.65. The molecule has 0 atom stereocenters. The van der Waals surface area contributed by atoms with Crippen molar-refractivity contribution in [3.63, 3.8) is 0 Å². The molecule has 0 radical (unpaired) electrons. The molecule has 1 heterocycles. The first-order valence-electron chi connectivity index (χ1n) is 6.51. The van der Waals surface area contributed by atoms with E-state index in [1.165, 1.54) is 12.8 Å². The molecule has 104 valence electrons. The van der Waals surface area contributed by atoms with Crippen LogP contribution in [0.3, 0.4) is 0 Å². The molecule has 4 N–H and O–H groups in total. The summed E-state index contributed by atoms with van der Waals surface area (Å²) in [5, 5.41) is 19.4. The minimum absolute atomic E-state index is 0.164. The third kappa shape index (κ3) is 9.15. The van der Waals surface area contributed by atoms with Gasteiger partial charge in [0.2, 0.25) is 0 Å². The van der Waals surface area contributed by atoms with Crippen LogP contribution < -0.4 is 37.4 Å². The van der Waals surface area contributed by atoms with E-state index in [4.69, 9.17) is 5.11 Å². The van der Waals surface area contributed by atoms with Crippen molar-refractivity contribution in [1.82, 2.24) is 19.1 Å². The van der Waals surface area contributed by atoms with Crippen molar-refractivity contribution >= 4 is 0 Å². The van der Waals surface area contributed by atoms with E-state index in [1.807, 2.05) is 0 Å². The molecule has 1 aliphatic rings. The van der Waals surface area contributed by atoms with Gasteiger partial charge in [0, 0.05) is 0 Å². The van der Waals surface area contributed by atoms with Gasteiger partial charge in [-0.05, 0) is 0 Å². The van der Waals surface area contributed by atoms with E-state index in [2.05, 4.69) is 19.1 Å². The molecule has 0 unspecified atom stereocenters. The molecule has 1 saturated heterocycles. The Morgan fingerprint density at radius 1 is 0.824 bits per heavy atom. The maximum absolute atomic E-state index is 9.05. The molecule has 0 aromatic carbocycles. The number of aliphatic hydroxyl groups excluding tert-OH is 1. The van der Waals surface area contributed by atoms with Gasteiger partial charge in [-0.1, -0.05) is 0 Å². The van der Waals surface area contributed by atoms with Crippen molar-refractivity contribution in [2.45, 2.75) is 12.8 Å². The molecule has 0 bridgehead atoms. The SMILES string of the molecule is OC[I-]N1CCCNCCNCCCNCC1. The first-order chi connectivity index (χ1) is 8.43. The Morgan fingerprint density at radius 2 is 1.47 bits per heavy atom. The summed E-state index contributed by atoms with van der Waals surface area (Å²) >= 11 is -0.164. The molecule has 1 fully saturated rings. The number of nitrogens with zero attached hydrogens (tertiary/aromatic N) is 1. The number of hydrogen-bond acceptors (Lipinski definition) is 5. The Bertz CT molecular complexity index is 160. The van der Waals surface area contributed by atoms with E-state index in [-0.39, 0.29) is 21.5 Å². The molecule has 0 saturated carbocycles. The normalized spacial score (nSPS) is 23.4. The predicted octanol–water partition coefficient (Wildman–Crippen LogP) is -4.20. The fourth-order valence-electron chi connectivity index (χ4n) is 1.77. The summed E-state index contributed by atoms with van der Waals surface area (Å²) in [5.41, 5.74) is 0. The molecule has 1 rings (SSSR count). The van der Waals surface area contributed by atoms with E-state index >= 15 is 0 Å². The van der Waals surface area contributed by atoms with Crippen LogP contribution in [0.15, 0.2) is 0 Å². The van der Waals surface area contributed by atoms with Crippen molar-refractivity contribution in [1.29, 1.82) is 0 Å². The second kappa shape index (κ2) is 11.6. The topological polar surface area (TPSA) is 59.6 Å². The van der Waals surface area contributed by atoms with Gasteiger partial charge in [0.1, 0.15) is 0 Å². The van der Waals surface area contributed by atoms with Gasteiger partial charge in [-0.3, -0.25) is 0 Å². The molecule has 0 aliphatic carbocycles. The second-order valence-electron chi connectivity index (χ2n) is 4.11. The van der Waals surface area contributed by atoms with Gasteiger partial charge in [-0.25, -0.2) is 0 Å². The van der Waals surface area contributed by atoms with E-state index in [9.17, 15) is 0 Å². The predicted molar refractivity (Wildman–Crippen MR) is 66.5 cm³/mol. The van der Waals surface area contributed by atoms with Crippen LogP contribution in [0.4, 0.5) is 0 Å². The average Bonchev–Trinajstić information content (AvgIpc) is 2.34. The minimum atomic E-state index is -0.164. The van der Waals surface area contributed by atoms with Crippen LogP contribution in [0.2, 0.25) is 0 Å². The Labute approximate surface area is 115 Å². The van der Waals surface area contributed by atoms with Gasteiger partial charge >= 0.3 is 115 Å². The van der Waals surface area contributed by atoms with E-state index in [0.717, 1.165) is 52.4 Å². The van der Waals surface area contributed by atoms with Crippen LogP contribution in [0.1, 0.15) is 12.8 Å². The van der Waals surface area contributed by atoms with E-state index < -0.39 is 0 Å². The van der Waals surface area contributed by atoms with E-state index in [0.29, 0.717) is 4.61 Å². The van der Waals surface area contributed by atoms with Crippen LogP contribution in [0, 0.1) is 0 Å². The monoisotopic (exact) mass is 357 g/mol. The number of rotatable bonds is 2. The zero-order valence-corrected chi connectivity index (χ0v) is 12.7. The van der Waals surface area contributed by atoms with Crippen LogP contribution in [0.25, 0.3) is 0 Å². The van der Waals surface area contributed by atoms with Crippen molar-refractivity contribution in [2.75, 3.05) is 57.0 Å². The standard InChI is InChI=1S/C11H26IN4O/c17-11-12-16-9-2-5-14-7-6-13-3-1-4-15-8-10-16/h13-15,17H,1-11H2/q-1. The molecule has 1 aliphatic heterocycles. The van der Waals surface area contributed by atoms with Gasteiger partial charge in [0.15, 0.2) is 0 Å². The second-order valence-corrected chi connectivity index (χ2v) is 6.84. The van der Waals surface area contributed by atoms with Crippen LogP contribution >= 0.6 is 0 Å². The van der Waals surface area contributed by atoms with Crippen molar-refractivity contribution in [3.8, 4) is 0 Å². The van der Waals surface area contributed by atoms with Crippen LogP contribution in [-0.4, -0.2) is 65.2 Å². The molecule has 0 aromatic rings. The Kier molecular flexibility index (Phi) is 10.6. The molecule has 0 amide bonds. The van der Waals surface area contributed by atoms with Crippen LogP contribution in [0.5, 0.6) is 0 Å². The molecule has 0 spiro atoms. The van der Waals surface area contributed by atoms with Crippen molar-refractivity contribution in [3.05, 3.63) is 0 Å². The summed E-state index contributed by atoms with van der Waals surface area (Å²) in [4.78, 5) is 0. The summed E-state index contributed by atoms with van der Waals surface area (Å²) in [6, 6.07) is 0. The number of hydrogen-bond donors (Lipinski definition) is 4. The number of aliphatic hydroxyl groups is 1. The van der Waals surface area contributed by atoms with Gasteiger partial charge < -0.3 is 0 Å². The number of nitrogens with one attached hydrogen (secondary N) is 3. The first-order valence-corrected chi connectivity index (χ1v) is 9.00. The van der Waals surface area contributed by atoms with E-state index in [1.54, 1.807) is 0 Å². The molecule has 5 nitrogen and oxygen atoms in total. The third-order valence-electron chi connectivity index (χ3n) is 2.69. The molecule has 6 heteroatoms. The third-order valence-corrected chi connectivity index (χ3v) is 4.93. The summed E-state index contributed by atoms with van der Waals surface area (Å²) in [6.07, 6.45) is 2.37. The first kappa shape index (κ1) is 15.6. The summed E-state index contributed by atoms with van der Waals surface area (Å²) in [5.74, 6) is 0. The Morgan fingerprint density at radius 3 is 2.18 bits per heavy atom. The fraction of sp³-hybridized carbons (Fsp3) is 1.00. The molecule has 17 heavy (non-hydrogen) atoms. The van der Waals surface area contributed by atoms with Crippen molar-refractivity contribution < 1.29 is 26.6 Å². The summed E-state index contributed by atoms with van der Waals surface area (Å²) < 4.78 is 2.81. The molecular formula is C11H26IN4O-. The van der Waals surface area contributed by atoms with Crippen LogP contribution in [-0.2, 0) is 0 Å². The fourth-order valence-corrected chi connectivity index (χ4v) is 3.47. The van der Waals surface area contributed by atoms with Gasteiger partial charge in [-0.2, -0.15) is 0 Å². The Balaban J connectivity index is 2.19. The van der Waals surface area contributed by atoms with Gasteiger partial charge in [-0.15, -0.1) is 0 Å². The van der Waals surface area contributed by atoms with Gasteiger partial charge in [0.25, 0.3) is 0 Å². The average molecular weight is 357 g/mol. The van der Waals surface area contributed by atoms with Gasteiger partial charge in [0.05, 0.1) is 0 Å². The maximum atomic E-state index is 9.05. The van der Waals surface area contributed by atoms with Crippen molar-refractivity contribution in [2.24, 2.45) is 0 Å².